The fraction of sp³-hybridized carbons (Fsp3) is 1.00. The molecule has 0 spiro atoms. The van der Waals surface area contributed by atoms with Crippen molar-refractivity contribution in [3.05, 3.63) is 0 Å². The van der Waals surface area contributed by atoms with Crippen LogP contribution in [0.3, 0.4) is 0 Å². The molecular weight excluding hydrogens is 276 g/mol. The van der Waals surface area contributed by atoms with Gasteiger partial charge in [0.05, 0.1) is 6.61 Å². The normalized spacial score (nSPS) is 37.2. The van der Waals surface area contributed by atoms with Gasteiger partial charge >= 0.3 is 0 Å². The van der Waals surface area contributed by atoms with Gasteiger partial charge in [-0.1, -0.05) is 20.8 Å². The molecule has 2 rings (SSSR count). The van der Waals surface area contributed by atoms with Crippen molar-refractivity contribution in [3.8, 4) is 0 Å². The lowest BCUT2D eigenvalue weighted by Crippen LogP contribution is -2.44. The zero-order chi connectivity index (χ0) is 15.3. The number of hydrogen-bond donors (Lipinski definition) is 1. The first-order valence-electron chi connectivity index (χ1n) is 7.26. The van der Waals surface area contributed by atoms with Gasteiger partial charge in [-0.3, -0.25) is 0 Å². The molecule has 0 aromatic carbocycles. The second kappa shape index (κ2) is 5.03. The summed E-state index contributed by atoms with van der Waals surface area (Å²) in [5, 5.41) is 10.1. The molecule has 2 saturated heterocycles. The van der Waals surface area contributed by atoms with Crippen LogP contribution in [-0.4, -0.2) is 50.4 Å². The summed E-state index contributed by atoms with van der Waals surface area (Å²) < 4.78 is 23.2. The zero-order valence-corrected chi connectivity index (χ0v) is 14.6. The van der Waals surface area contributed by atoms with Crippen LogP contribution in [0.25, 0.3) is 0 Å². The van der Waals surface area contributed by atoms with Crippen molar-refractivity contribution in [1.82, 2.24) is 0 Å². The Bertz CT molecular complexity index is 363. The molecule has 118 valence electrons. The molecule has 6 heteroatoms. The quantitative estimate of drug-likeness (QED) is 0.810. The van der Waals surface area contributed by atoms with E-state index in [1.54, 1.807) is 0 Å². The first-order chi connectivity index (χ1) is 8.93. The van der Waals surface area contributed by atoms with Gasteiger partial charge in [0.25, 0.3) is 0 Å². The summed E-state index contributed by atoms with van der Waals surface area (Å²) in [6.07, 6.45) is -1.89. The smallest absolute Gasteiger partial charge is 0.192 e. The maximum atomic E-state index is 9.92. The number of ether oxygens (including phenoxy) is 3. The third kappa shape index (κ3) is 3.10. The Balaban J connectivity index is 1.98. The van der Waals surface area contributed by atoms with E-state index in [4.69, 9.17) is 18.6 Å². The van der Waals surface area contributed by atoms with Crippen LogP contribution in [0.5, 0.6) is 0 Å². The van der Waals surface area contributed by atoms with E-state index in [1.807, 2.05) is 13.8 Å². The summed E-state index contributed by atoms with van der Waals surface area (Å²) >= 11 is 0. The third-order valence-electron chi connectivity index (χ3n) is 4.54. The highest BCUT2D eigenvalue weighted by Crippen LogP contribution is 2.40. The Hall–Kier alpha value is 0.0169. The van der Waals surface area contributed by atoms with Gasteiger partial charge in [-0.25, -0.2) is 0 Å². The number of hydrogen-bond acceptors (Lipinski definition) is 5. The summed E-state index contributed by atoms with van der Waals surface area (Å²) in [4.78, 5) is 0. The molecule has 20 heavy (non-hydrogen) atoms. The van der Waals surface area contributed by atoms with Gasteiger partial charge in [-0.15, -0.1) is 0 Å². The van der Waals surface area contributed by atoms with Crippen LogP contribution in [0.4, 0.5) is 0 Å². The van der Waals surface area contributed by atoms with Crippen molar-refractivity contribution in [1.29, 1.82) is 0 Å². The van der Waals surface area contributed by atoms with Crippen molar-refractivity contribution >= 4 is 8.32 Å². The molecule has 2 aliphatic rings. The van der Waals surface area contributed by atoms with Crippen LogP contribution in [-0.2, 0) is 18.6 Å². The number of rotatable bonds is 3. The Morgan fingerprint density at radius 2 is 1.70 bits per heavy atom. The number of aliphatic hydroxyl groups excluding tert-OH is 1. The molecule has 2 heterocycles. The van der Waals surface area contributed by atoms with Crippen molar-refractivity contribution in [3.63, 3.8) is 0 Å². The molecule has 2 aliphatic heterocycles. The van der Waals surface area contributed by atoms with Gasteiger partial charge in [0.15, 0.2) is 20.4 Å². The lowest BCUT2D eigenvalue weighted by molar-refractivity contribution is -0.222. The second-order valence-corrected chi connectivity index (χ2v) is 12.5. The molecule has 0 aromatic rings. The molecule has 0 unspecified atom stereocenters. The highest BCUT2D eigenvalue weighted by molar-refractivity contribution is 6.74. The van der Waals surface area contributed by atoms with Gasteiger partial charge in [0.2, 0.25) is 0 Å². The van der Waals surface area contributed by atoms with Crippen LogP contribution >= 0.6 is 0 Å². The molecule has 0 bridgehead atoms. The maximum Gasteiger partial charge on any atom is 0.192 e. The summed E-state index contributed by atoms with van der Waals surface area (Å²) in [7, 11) is -1.83. The first kappa shape index (κ1) is 16.4. The van der Waals surface area contributed by atoms with E-state index >= 15 is 0 Å². The van der Waals surface area contributed by atoms with Crippen molar-refractivity contribution in [2.75, 3.05) is 6.61 Å². The Morgan fingerprint density at radius 3 is 2.25 bits per heavy atom. The summed E-state index contributed by atoms with van der Waals surface area (Å²) in [6, 6.07) is 0. The SMILES string of the molecule is CC1(C)O[C@@H]2[C@H](O1)[C@@H](CO[Si](C)(C)C(C)(C)C)O[C@@H]2O. The average molecular weight is 304 g/mol. The predicted octanol–water partition coefficient (Wildman–Crippen LogP) is 2.25. The molecule has 0 radical (unpaired) electrons. The van der Waals surface area contributed by atoms with Crippen LogP contribution in [0.15, 0.2) is 0 Å². The standard InChI is InChI=1S/C14H28O5Si/c1-13(2,3)20(6,7)16-8-9-10-11(12(15)17-9)19-14(4,5)18-10/h9-12,15H,8H2,1-7H3/t9-,10-,11-,12+/m1/s1. The lowest BCUT2D eigenvalue weighted by atomic mass is 10.1. The zero-order valence-electron chi connectivity index (χ0n) is 13.6. The van der Waals surface area contributed by atoms with Crippen LogP contribution in [0.1, 0.15) is 34.6 Å². The van der Waals surface area contributed by atoms with E-state index in [1.165, 1.54) is 0 Å². The fourth-order valence-electron chi connectivity index (χ4n) is 2.30. The molecular formula is C14H28O5Si. The molecule has 0 aliphatic carbocycles. The highest BCUT2D eigenvalue weighted by Gasteiger charge is 2.55. The monoisotopic (exact) mass is 304 g/mol. The van der Waals surface area contributed by atoms with E-state index in [0.29, 0.717) is 6.61 Å². The summed E-state index contributed by atoms with van der Waals surface area (Å²) in [5.41, 5.74) is 0. The van der Waals surface area contributed by atoms with Crippen molar-refractivity contribution in [2.24, 2.45) is 0 Å². The van der Waals surface area contributed by atoms with Gasteiger partial charge < -0.3 is 23.7 Å². The fourth-order valence-corrected chi connectivity index (χ4v) is 3.31. The van der Waals surface area contributed by atoms with Gasteiger partial charge in [0.1, 0.15) is 18.3 Å². The van der Waals surface area contributed by atoms with Crippen LogP contribution in [0.2, 0.25) is 18.1 Å². The van der Waals surface area contributed by atoms with Gasteiger partial charge in [-0.05, 0) is 32.0 Å². The maximum absolute atomic E-state index is 9.92. The summed E-state index contributed by atoms with van der Waals surface area (Å²) in [6.45, 7) is 15.1. The van der Waals surface area contributed by atoms with Crippen LogP contribution < -0.4 is 0 Å². The largest absolute Gasteiger partial charge is 0.414 e. The van der Waals surface area contributed by atoms with E-state index in [2.05, 4.69) is 33.9 Å². The lowest BCUT2D eigenvalue weighted by Gasteiger charge is -2.37. The van der Waals surface area contributed by atoms with E-state index < -0.39 is 26.5 Å². The molecule has 2 fully saturated rings. The van der Waals surface area contributed by atoms with E-state index in [9.17, 15) is 5.11 Å². The van der Waals surface area contributed by atoms with E-state index in [-0.39, 0.29) is 17.2 Å². The van der Waals surface area contributed by atoms with Crippen molar-refractivity contribution in [2.45, 2.75) is 83.1 Å². The molecule has 0 saturated carbocycles. The van der Waals surface area contributed by atoms with Gasteiger partial charge in [0, 0.05) is 0 Å². The van der Waals surface area contributed by atoms with Crippen molar-refractivity contribution < 1.29 is 23.7 Å². The minimum atomic E-state index is -1.83. The molecule has 0 amide bonds. The van der Waals surface area contributed by atoms with E-state index in [0.717, 1.165) is 0 Å². The van der Waals surface area contributed by atoms with Crippen LogP contribution in [0, 0.1) is 0 Å². The average Bonchev–Trinajstić information content (AvgIpc) is 2.70. The minimum Gasteiger partial charge on any atom is -0.414 e. The Morgan fingerprint density at radius 1 is 1.15 bits per heavy atom. The predicted molar refractivity (Wildman–Crippen MR) is 77.9 cm³/mol. The third-order valence-corrected chi connectivity index (χ3v) is 9.04. The molecule has 0 aromatic heterocycles. The topological polar surface area (TPSA) is 57.2 Å². The summed E-state index contributed by atoms with van der Waals surface area (Å²) in [5.74, 6) is -0.671. The Kier molecular flexibility index (Phi) is 4.13. The number of fused-ring (bicyclic) bond motifs is 1. The highest BCUT2D eigenvalue weighted by atomic mass is 28.4. The molecule has 1 N–H and O–H groups in total. The minimum absolute atomic E-state index is 0.149. The van der Waals surface area contributed by atoms with Gasteiger partial charge in [-0.2, -0.15) is 0 Å². The molecule has 4 atom stereocenters. The number of aliphatic hydroxyl groups is 1. The molecule has 5 nitrogen and oxygen atoms in total. The Labute approximate surface area is 122 Å². The first-order valence-corrected chi connectivity index (χ1v) is 10.2. The second-order valence-electron chi connectivity index (χ2n) is 7.70.